The van der Waals surface area contributed by atoms with Crippen LogP contribution in [0.15, 0.2) is 43.0 Å². The van der Waals surface area contributed by atoms with Gasteiger partial charge in [-0.05, 0) is 18.2 Å². The average Bonchev–Trinajstić information content (AvgIpc) is 3.21. The SMILES string of the molecule is COc1cc2c(N3CCNCC3)ncnc2cc1OCCn1cccc1. The minimum atomic E-state index is 0.562. The zero-order valence-corrected chi connectivity index (χ0v) is 14.9. The first-order valence-electron chi connectivity index (χ1n) is 8.87. The Morgan fingerprint density at radius 1 is 1.08 bits per heavy atom. The zero-order chi connectivity index (χ0) is 17.8. The molecule has 0 saturated carbocycles. The van der Waals surface area contributed by atoms with E-state index >= 15 is 0 Å². The molecule has 0 bridgehead atoms. The molecule has 4 rings (SSSR count). The molecule has 7 nitrogen and oxygen atoms in total. The molecule has 3 heterocycles. The second-order valence-electron chi connectivity index (χ2n) is 6.22. The molecule has 1 aliphatic rings. The van der Waals surface area contributed by atoms with Crippen molar-refractivity contribution in [1.29, 1.82) is 0 Å². The lowest BCUT2D eigenvalue weighted by Gasteiger charge is -2.29. The highest BCUT2D eigenvalue weighted by Gasteiger charge is 2.17. The van der Waals surface area contributed by atoms with Gasteiger partial charge in [-0.3, -0.25) is 0 Å². The Bertz CT molecular complexity index is 860. The van der Waals surface area contributed by atoms with Gasteiger partial charge in [0.05, 0.1) is 19.2 Å². The second-order valence-corrected chi connectivity index (χ2v) is 6.22. The van der Waals surface area contributed by atoms with E-state index in [1.165, 1.54) is 0 Å². The first-order chi connectivity index (χ1) is 12.8. The maximum atomic E-state index is 5.96. The van der Waals surface area contributed by atoms with E-state index in [0.717, 1.165) is 49.4 Å². The normalized spacial score (nSPS) is 14.6. The van der Waals surface area contributed by atoms with Crippen molar-refractivity contribution in [2.45, 2.75) is 6.54 Å². The molecule has 0 amide bonds. The summed E-state index contributed by atoms with van der Waals surface area (Å²) in [5, 5.41) is 4.36. The monoisotopic (exact) mass is 353 g/mol. The fourth-order valence-corrected chi connectivity index (χ4v) is 3.23. The van der Waals surface area contributed by atoms with Crippen LogP contribution in [-0.4, -0.2) is 54.4 Å². The van der Waals surface area contributed by atoms with Crippen molar-refractivity contribution in [2.75, 3.05) is 44.8 Å². The number of ether oxygens (including phenoxy) is 2. The van der Waals surface area contributed by atoms with Gasteiger partial charge in [0.1, 0.15) is 18.8 Å². The maximum Gasteiger partial charge on any atom is 0.163 e. The van der Waals surface area contributed by atoms with Crippen molar-refractivity contribution < 1.29 is 9.47 Å². The van der Waals surface area contributed by atoms with Crippen molar-refractivity contribution in [3.63, 3.8) is 0 Å². The molecule has 2 aromatic heterocycles. The molecule has 1 aliphatic heterocycles. The minimum Gasteiger partial charge on any atom is -0.493 e. The van der Waals surface area contributed by atoms with Crippen LogP contribution in [0.1, 0.15) is 0 Å². The van der Waals surface area contributed by atoms with E-state index in [9.17, 15) is 0 Å². The molecule has 26 heavy (non-hydrogen) atoms. The van der Waals surface area contributed by atoms with Crippen LogP contribution in [-0.2, 0) is 6.54 Å². The largest absolute Gasteiger partial charge is 0.493 e. The Morgan fingerprint density at radius 3 is 2.65 bits per heavy atom. The Kier molecular flexibility index (Phi) is 4.88. The smallest absolute Gasteiger partial charge is 0.163 e. The topological polar surface area (TPSA) is 64.4 Å². The number of piperazine rings is 1. The first kappa shape index (κ1) is 16.7. The third-order valence-corrected chi connectivity index (χ3v) is 4.59. The second kappa shape index (κ2) is 7.61. The van der Waals surface area contributed by atoms with E-state index in [1.807, 2.05) is 36.7 Å². The summed E-state index contributed by atoms with van der Waals surface area (Å²) in [4.78, 5) is 11.2. The Labute approximate surface area is 152 Å². The van der Waals surface area contributed by atoms with Crippen molar-refractivity contribution in [1.82, 2.24) is 19.9 Å². The van der Waals surface area contributed by atoms with Gasteiger partial charge in [-0.2, -0.15) is 0 Å². The summed E-state index contributed by atoms with van der Waals surface area (Å²) >= 11 is 0. The van der Waals surface area contributed by atoms with Gasteiger partial charge in [-0.25, -0.2) is 9.97 Å². The lowest BCUT2D eigenvalue weighted by atomic mass is 10.2. The first-order valence-corrected chi connectivity index (χ1v) is 8.87. The van der Waals surface area contributed by atoms with E-state index in [2.05, 4.69) is 24.8 Å². The van der Waals surface area contributed by atoms with Crippen LogP contribution in [0, 0.1) is 0 Å². The molecular formula is C19H23N5O2. The third-order valence-electron chi connectivity index (χ3n) is 4.59. The summed E-state index contributed by atoms with van der Waals surface area (Å²) in [6, 6.07) is 7.94. The lowest BCUT2D eigenvalue weighted by molar-refractivity contribution is 0.280. The number of hydrogen-bond donors (Lipinski definition) is 1. The molecule has 3 aromatic rings. The highest BCUT2D eigenvalue weighted by molar-refractivity contribution is 5.92. The summed E-state index contributed by atoms with van der Waals surface area (Å²) in [6.07, 6.45) is 5.66. The van der Waals surface area contributed by atoms with Crippen LogP contribution >= 0.6 is 0 Å². The van der Waals surface area contributed by atoms with Crippen molar-refractivity contribution in [3.05, 3.63) is 43.0 Å². The molecule has 1 saturated heterocycles. The quantitative estimate of drug-likeness (QED) is 0.731. The van der Waals surface area contributed by atoms with Gasteiger partial charge in [-0.15, -0.1) is 0 Å². The van der Waals surface area contributed by atoms with Crippen LogP contribution in [0.3, 0.4) is 0 Å². The van der Waals surface area contributed by atoms with Crippen LogP contribution in [0.2, 0.25) is 0 Å². The molecule has 0 unspecified atom stereocenters. The van der Waals surface area contributed by atoms with Gasteiger partial charge < -0.3 is 24.3 Å². The maximum absolute atomic E-state index is 5.96. The van der Waals surface area contributed by atoms with Crippen molar-refractivity contribution in [2.24, 2.45) is 0 Å². The Balaban J connectivity index is 1.60. The molecule has 0 radical (unpaired) electrons. The number of anilines is 1. The summed E-state index contributed by atoms with van der Waals surface area (Å²) < 4.78 is 13.6. The fraction of sp³-hybridized carbons (Fsp3) is 0.368. The standard InChI is InChI=1S/C19H23N5O2/c1-25-17-12-15-16(13-18(17)26-11-10-23-6-2-3-7-23)21-14-22-19(15)24-8-4-20-5-9-24/h2-3,6-7,12-14,20H,4-5,8-11H2,1H3. The van der Waals surface area contributed by atoms with Crippen molar-refractivity contribution >= 4 is 16.7 Å². The number of fused-ring (bicyclic) bond motifs is 1. The average molecular weight is 353 g/mol. The molecule has 1 N–H and O–H groups in total. The van der Waals surface area contributed by atoms with Crippen molar-refractivity contribution in [3.8, 4) is 11.5 Å². The van der Waals surface area contributed by atoms with Gasteiger partial charge >= 0.3 is 0 Å². The van der Waals surface area contributed by atoms with Crippen LogP contribution in [0.25, 0.3) is 10.9 Å². The number of nitrogens with one attached hydrogen (secondary N) is 1. The lowest BCUT2D eigenvalue weighted by Crippen LogP contribution is -2.44. The van der Waals surface area contributed by atoms with E-state index in [0.29, 0.717) is 18.1 Å². The molecule has 0 aliphatic carbocycles. The summed E-state index contributed by atoms with van der Waals surface area (Å²) in [5.74, 6) is 2.36. The summed E-state index contributed by atoms with van der Waals surface area (Å²) in [5.41, 5.74) is 0.866. The predicted octanol–water partition coefficient (Wildman–Crippen LogP) is 1.93. The van der Waals surface area contributed by atoms with Gasteiger partial charge in [0, 0.05) is 50.0 Å². The number of hydrogen-bond acceptors (Lipinski definition) is 6. The van der Waals surface area contributed by atoms with Crippen LogP contribution < -0.4 is 19.7 Å². The minimum absolute atomic E-state index is 0.562. The summed E-state index contributed by atoms with van der Waals surface area (Å²) in [7, 11) is 1.66. The molecule has 7 heteroatoms. The van der Waals surface area contributed by atoms with Gasteiger partial charge in [0.25, 0.3) is 0 Å². The van der Waals surface area contributed by atoms with Gasteiger partial charge in [-0.1, -0.05) is 0 Å². The third kappa shape index (κ3) is 3.43. The van der Waals surface area contributed by atoms with Crippen LogP contribution in [0.4, 0.5) is 5.82 Å². The van der Waals surface area contributed by atoms with E-state index in [-0.39, 0.29) is 0 Å². The Hall–Kier alpha value is -2.80. The van der Waals surface area contributed by atoms with Gasteiger partial charge in [0.15, 0.2) is 11.5 Å². The molecule has 0 spiro atoms. The molecule has 0 atom stereocenters. The van der Waals surface area contributed by atoms with E-state index in [4.69, 9.17) is 9.47 Å². The molecule has 1 aromatic carbocycles. The Morgan fingerprint density at radius 2 is 1.88 bits per heavy atom. The molecule has 1 fully saturated rings. The highest BCUT2D eigenvalue weighted by Crippen LogP contribution is 2.35. The number of methoxy groups -OCH3 is 1. The fourth-order valence-electron chi connectivity index (χ4n) is 3.23. The number of benzene rings is 1. The zero-order valence-electron chi connectivity index (χ0n) is 14.9. The number of aromatic nitrogens is 3. The summed E-state index contributed by atoms with van der Waals surface area (Å²) in [6.45, 7) is 5.13. The number of rotatable bonds is 6. The predicted molar refractivity (Wildman–Crippen MR) is 101 cm³/mol. The van der Waals surface area contributed by atoms with E-state index < -0.39 is 0 Å². The van der Waals surface area contributed by atoms with E-state index in [1.54, 1.807) is 13.4 Å². The van der Waals surface area contributed by atoms with Gasteiger partial charge in [0.2, 0.25) is 0 Å². The molecular weight excluding hydrogens is 330 g/mol. The number of nitrogens with zero attached hydrogens (tertiary/aromatic N) is 4. The highest BCUT2D eigenvalue weighted by atomic mass is 16.5. The molecule has 136 valence electrons. The van der Waals surface area contributed by atoms with Crippen LogP contribution in [0.5, 0.6) is 11.5 Å².